The van der Waals surface area contributed by atoms with E-state index in [1.165, 1.54) is 43.3 Å². The molecule has 7 nitrogen and oxygen atoms in total. The highest BCUT2D eigenvalue weighted by atomic mass is 19.1. The van der Waals surface area contributed by atoms with Gasteiger partial charge >= 0.3 is 0 Å². The predicted molar refractivity (Wildman–Crippen MR) is 90.3 cm³/mol. The first kappa shape index (κ1) is 18.1. The van der Waals surface area contributed by atoms with Gasteiger partial charge in [-0.3, -0.25) is 19.7 Å². The SMILES string of the molecule is CC(=O)c1ccc(NCCNC(=O)c2ccccc2F)c([N+](=O)[O-])c1. The standard InChI is InChI=1S/C17H16FN3O4/c1-11(22)12-6-7-15(16(10-12)21(24)25)19-8-9-20-17(23)13-4-2-3-5-14(13)18/h2-7,10,19H,8-9H2,1H3,(H,20,23). The highest BCUT2D eigenvalue weighted by Crippen LogP contribution is 2.25. The number of anilines is 1. The van der Waals surface area contributed by atoms with Crippen molar-refractivity contribution in [3.8, 4) is 0 Å². The average molecular weight is 345 g/mol. The topological polar surface area (TPSA) is 101 Å². The lowest BCUT2D eigenvalue weighted by atomic mass is 10.1. The molecule has 130 valence electrons. The second kappa shape index (κ2) is 8.00. The van der Waals surface area contributed by atoms with Gasteiger partial charge in [-0.1, -0.05) is 12.1 Å². The molecule has 0 atom stereocenters. The maximum absolute atomic E-state index is 13.5. The predicted octanol–water partition coefficient (Wildman–Crippen LogP) is 2.78. The Morgan fingerprint density at radius 3 is 2.52 bits per heavy atom. The number of benzene rings is 2. The fourth-order valence-electron chi connectivity index (χ4n) is 2.16. The van der Waals surface area contributed by atoms with Gasteiger partial charge in [-0.05, 0) is 31.2 Å². The van der Waals surface area contributed by atoms with E-state index in [4.69, 9.17) is 0 Å². The minimum absolute atomic E-state index is 0.0701. The van der Waals surface area contributed by atoms with Crippen molar-refractivity contribution in [1.82, 2.24) is 5.32 Å². The summed E-state index contributed by atoms with van der Waals surface area (Å²) in [5, 5.41) is 16.4. The monoisotopic (exact) mass is 345 g/mol. The molecule has 8 heteroatoms. The summed E-state index contributed by atoms with van der Waals surface area (Å²) in [6, 6.07) is 9.70. The fraction of sp³-hybridized carbons (Fsp3) is 0.176. The average Bonchev–Trinajstić information content (AvgIpc) is 2.58. The Morgan fingerprint density at radius 1 is 1.16 bits per heavy atom. The van der Waals surface area contributed by atoms with Crippen molar-refractivity contribution in [2.45, 2.75) is 6.92 Å². The first-order valence-electron chi connectivity index (χ1n) is 7.46. The summed E-state index contributed by atoms with van der Waals surface area (Å²) in [6.07, 6.45) is 0. The van der Waals surface area contributed by atoms with Crippen molar-refractivity contribution in [3.05, 3.63) is 69.5 Å². The number of hydrogen-bond donors (Lipinski definition) is 2. The van der Waals surface area contributed by atoms with Gasteiger partial charge in [0.25, 0.3) is 11.6 Å². The summed E-state index contributed by atoms with van der Waals surface area (Å²) in [4.78, 5) is 33.7. The molecule has 0 unspecified atom stereocenters. The van der Waals surface area contributed by atoms with E-state index in [1.54, 1.807) is 6.07 Å². The molecule has 0 aliphatic carbocycles. The zero-order chi connectivity index (χ0) is 18.4. The fourth-order valence-corrected chi connectivity index (χ4v) is 2.16. The van der Waals surface area contributed by atoms with Crippen LogP contribution in [0.1, 0.15) is 27.6 Å². The van der Waals surface area contributed by atoms with Crippen molar-refractivity contribution in [1.29, 1.82) is 0 Å². The number of carbonyl (C=O) groups excluding carboxylic acids is 2. The first-order valence-corrected chi connectivity index (χ1v) is 7.46. The first-order chi connectivity index (χ1) is 11.9. The number of ketones is 1. The molecule has 2 rings (SSSR count). The van der Waals surface area contributed by atoms with Crippen LogP contribution in [0.25, 0.3) is 0 Å². The van der Waals surface area contributed by atoms with Gasteiger partial charge in [-0.15, -0.1) is 0 Å². The van der Waals surface area contributed by atoms with Crippen LogP contribution in [0.2, 0.25) is 0 Å². The Labute approximate surface area is 143 Å². The van der Waals surface area contributed by atoms with Crippen LogP contribution >= 0.6 is 0 Å². The lowest BCUT2D eigenvalue weighted by Gasteiger charge is -2.09. The number of carbonyl (C=O) groups is 2. The lowest BCUT2D eigenvalue weighted by molar-refractivity contribution is -0.384. The largest absolute Gasteiger partial charge is 0.378 e. The molecule has 0 radical (unpaired) electrons. The molecule has 0 heterocycles. The quantitative estimate of drug-likeness (QED) is 0.348. The van der Waals surface area contributed by atoms with E-state index in [9.17, 15) is 24.1 Å². The number of nitrogens with one attached hydrogen (secondary N) is 2. The minimum Gasteiger partial charge on any atom is -0.378 e. The molecule has 25 heavy (non-hydrogen) atoms. The van der Waals surface area contributed by atoms with E-state index in [1.807, 2.05) is 0 Å². The summed E-state index contributed by atoms with van der Waals surface area (Å²) in [5.74, 6) is -1.46. The third kappa shape index (κ3) is 4.60. The van der Waals surface area contributed by atoms with Crippen LogP contribution in [0.15, 0.2) is 42.5 Å². The zero-order valence-electron chi connectivity index (χ0n) is 13.4. The van der Waals surface area contributed by atoms with Crippen molar-refractivity contribution in [2.24, 2.45) is 0 Å². The maximum atomic E-state index is 13.5. The summed E-state index contributed by atoms with van der Waals surface area (Å²) >= 11 is 0. The summed E-state index contributed by atoms with van der Waals surface area (Å²) in [6.45, 7) is 1.66. The Morgan fingerprint density at radius 2 is 1.88 bits per heavy atom. The molecule has 0 fully saturated rings. The molecule has 0 aromatic heterocycles. The van der Waals surface area contributed by atoms with Crippen LogP contribution in [-0.4, -0.2) is 29.7 Å². The molecule has 0 spiro atoms. The van der Waals surface area contributed by atoms with Gasteiger partial charge in [0, 0.05) is 24.7 Å². The summed E-state index contributed by atoms with van der Waals surface area (Å²) in [5.41, 5.74) is 0.174. The normalized spacial score (nSPS) is 10.2. The molecule has 0 saturated carbocycles. The number of rotatable bonds is 7. The Bertz CT molecular complexity index is 823. The zero-order valence-corrected chi connectivity index (χ0v) is 13.4. The van der Waals surface area contributed by atoms with Gasteiger partial charge in [-0.2, -0.15) is 0 Å². The lowest BCUT2D eigenvalue weighted by Crippen LogP contribution is -2.29. The third-order valence-corrected chi connectivity index (χ3v) is 3.45. The second-order valence-electron chi connectivity index (χ2n) is 5.21. The number of nitrogens with zero attached hydrogens (tertiary/aromatic N) is 1. The molecule has 0 aliphatic heterocycles. The van der Waals surface area contributed by atoms with Gasteiger partial charge in [0.05, 0.1) is 10.5 Å². The van der Waals surface area contributed by atoms with Gasteiger partial charge in [0.15, 0.2) is 5.78 Å². The number of halogens is 1. The summed E-state index contributed by atoms with van der Waals surface area (Å²) < 4.78 is 13.5. The number of Topliss-reactive ketones (excluding diaryl/α,β-unsaturated/α-hetero) is 1. The third-order valence-electron chi connectivity index (χ3n) is 3.45. The van der Waals surface area contributed by atoms with E-state index in [0.717, 1.165) is 0 Å². The van der Waals surface area contributed by atoms with Gasteiger partial charge in [0.2, 0.25) is 0 Å². The second-order valence-corrected chi connectivity index (χ2v) is 5.21. The van der Waals surface area contributed by atoms with Crippen molar-refractivity contribution in [3.63, 3.8) is 0 Å². The Balaban J connectivity index is 1.96. The van der Waals surface area contributed by atoms with Crippen molar-refractivity contribution in [2.75, 3.05) is 18.4 Å². The van der Waals surface area contributed by atoms with E-state index < -0.39 is 16.6 Å². The van der Waals surface area contributed by atoms with Gasteiger partial charge < -0.3 is 10.6 Å². The van der Waals surface area contributed by atoms with Crippen molar-refractivity contribution < 1.29 is 18.9 Å². The molecule has 0 saturated heterocycles. The molecular formula is C17H16FN3O4. The van der Waals surface area contributed by atoms with Crippen LogP contribution in [0, 0.1) is 15.9 Å². The summed E-state index contributed by atoms with van der Waals surface area (Å²) in [7, 11) is 0. The molecule has 2 aromatic carbocycles. The van der Waals surface area contributed by atoms with Gasteiger partial charge in [0.1, 0.15) is 11.5 Å². The van der Waals surface area contributed by atoms with Crippen LogP contribution in [-0.2, 0) is 0 Å². The maximum Gasteiger partial charge on any atom is 0.293 e. The molecule has 0 aliphatic rings. The molecule has 2 aromatic rings. The van der Waals surface area contributed by atoms with E-state index in [2.05, 4.69) is 10.6 Å². The number of nitro groups is 1. The minimum atomic E-state index is -0.622. The molecule has 2 N–H and O–H groups in total. The smallest absolute Gasteiger partial charge is 0.293 e. The van der Waals surface area contributed by atoms with Gasteiger partial charge in [-0.25, -0.2) is 4.39 Å². The van der Waals surface area contributed by atoms with E-state index in [-0.39, 0.29) is 41.4 Å². The van der Waals surface area contributed by atoms with Crippen LogP contribution in [0.3, 0.4) is 0 Å². The highest BCUT2D eigenvalue weighted by molar-refractivity contribution is 5.95. The Hall–Kier alpha value is -3.29. The highest BCUT2D eigenvalue weighted by Gasteiger charge is 2.16. The van der Waals surface area contributed by atoms with E-state index in [0.29, 0.717) is 0 Å². The molecular weight excluding hydrogens is 329 g/mol. The number of nitro benzene ring substituents is 1. The number of hydrogen-bond acceptors (Lipinski definition) is 5. The van der Waals surface area contributed by atoms with Crippen LogP contribution < -0.4 is 10.6 Å². The van der Waals surface area contributed by atoms with Crippen molar-refractivity contribution >= 4 is 23.1 Å². The molecule has 1 amide bonds. The van der Waals surface area contributed by atoms with Crippen LogP contribution in [0.4, 0.5) is 15.8 Å². The Kier molecular flexibility index (Phi) is 5.78. The number of amides is 1. The van der Waals surface area contributed by atoms with Crippen LogP contribution in [0.5, 0.6) is 0 Å². The van der Waals surface area contributed by atoms with E-state index >= 15 is 0 Å². The molecule has 0 bridgehead atoms.